The van der Waals surface area contributed by atoms with E-state index in [2.05, 4.69) is 19.9 Å². The number of aromatic amines is 1. The minimum Gasteiger partial charge on any atom is -0.383 e. The van der Waals surface area contributed by atoms with E-state index >= 15 is 0 Å². The first-order valence-corrected chi connectivity index (χ1v) is 7.43. The third kappa shape index (κ3) is 3.46. The molecule has 0 aliphatic carbocycles. The molecule has 3 aromatic rings. The van der Waals surface area contributed by atoms with Crippen LogP contribution in [0.1, 0.15) is 17.5 Å². The molecule has 2 heterocycles. The van der Waals surface area contributed by atoms with Gasteiger partial charge in [0, 0.05) is 11.8 Å². The molecule has 26 heavy (non-hydrogen) atoms. The predicted octanol–water partition coefficient (Wildman–Crippen LogP) is 3.38. The van der Waals surface area contributed by atoms with E-state index in [-0.39, 0.29) is 33.3 Å². The second kappa shape index (κ2) is 6.54. The molecule has 6 nitrogen and oxygen atoms in total. The molecule has 4 N–H and O–H groups in total. The van der Waals surface area contributed by atoms with E-state index in [1.807, 2.05) is 0 Å². The number of fused-ring (bicyclic) bond motifs is 1. The number of aliphatic imine (C=N–C) groups is 1. The van der Waals surface area contributed by atoms with Gasteiger partial charge in [0.1, 0.15) is 17.5 Å². The van der Waals surface area contributed by atoms with Crippen molar-refractivity contribution in [2.24, 2.45) is 10.7 Å². The first-order valence-electron chi connectivity index (χ1n) is 7.06. The second-order valence-electron chi connectivity index (χ2n) is 5.22. The van der Waals surface area contributed by atoms with E-state index in [4.69, 9.17) is 17.3 Å². The number of alkyl halides is 3. The number of nitrogens with one attached hydrogen (secondary N) is 1. The van der Waals surface area contributed by atoms with Crippen LogP contribution in [0, 0.1) is 5.82 Å². The molecule has 0 saturated heterocycles. The summed E-state index contributed by atoms with van der Waals surface area (Å²) in [6, 6.07) is 5.09. The lowest BCUT2D eigenvalue weighted by Gasteiger charge is -2.11. The number of hydrogen-bond acceptors (Lipinski definition) is 4. The van der Waals surface area contributed by atoms with E-state index in [0.717, 1.165) is 6.07 Å². The normalized spacial score (nSPS) is 14.0. The first-order chi connectivity index (χ1) is 12.2. The third-order valence-corrected chi connectivity index (χ3v) is 3.70. The minimum absolute atomic E-state index is 0.0697. The van der Waals surface area contributed by atoms with Crippen molar-refractivity contribution in [1.82, 2.24) is 15.0 Å². The Morgan fingerprint density at radius 1 is 1.31 bits per heavy atom. The van der Waals surface area contributed by atoms with E-state index in [1.54, 1.807) is 0 Å². The van der Waals surface area contributed by atoms with Crippen molar-refractivity contribution in [2.75, 3.05) is 0 Å². The molecule has 2 aromatic heterocycles. The molecule has 0 amide bonds. The van der Waals surface area contributed by atoms with Crippen LogP contribution in [0.4, 0.5) is 23.2 Å². The Bertz CT molecular complexity index is 1000. The zero-order valence-electron chi connectivity index (χ0n) is 12.7. The number of nitrogens with zero attached hydrogens (tertiary/aromatic N) is 3. The fraction of sp³-hybridized carbons (Fsp3) is 0.133. The Morgan fingerprint density at radius 2 is 2.04 bits per heavy atom. The average molecular weight is 388 g/mol. The highest BCUT2D eigenvalue weighted by atomic mass is 35.5. The second-order valence-corrected chi connectivity index (χ2v) is 5.63. The van der Waals surface area contributed by atoms with Crippen LogP contribution in [0.25, 0.3) is 11.2 Å². The van der Waals surface area contributed by atoms with Crippen molar-refractivity contribution < 1.29 is 22.7 Å². The Labute approximate surface area is 148 Å². The molecule has 11 heteroatoms. The summed E-state index contributed by atoms with van der Waals surface area (Å²) in [6.45, 7) is 0. The molecular weight excluding hydrogens is 378 g/mol. The van der Waals surface area contributed by atoms with Crippen LogP contribution >= 0.6 is 11.6 Å². The molecule has 0 aliphatic heterocycles. The number of aliphatic hydroxyl groups excluding tert-OH is 1. The number of aromatic nitrogens is 3. The Balaban J connectivity index is 2.05. The van der Waals surface area contributed by atoms with Gasteiger partial charge >= 0.3 is 6.18 Å². The fourth-order valence-corrected chi connectivity index (χ4v) is 2.36. The van der Waals surface area contributed by atoms with Gasteiger partial charge in [-0.05, 0) is 24.3 Å². The summed E-state index contributed by atoms with van der Waals surface area (Å²) in [5.41, 5.74) is 6.36. The molecule has 0 radical (unpaired) electrons. The van der Waals surface area contributed by atoms with Crippen molar-refractivity contribution in [2.45, 2.75) is 12.3 Å². The van der Waals surface area contributed by atoms with Crippen LogP contribution in [0.2, 0.25) is 5.02 Å². The van der Waals surface area contributed by atoms with Crippen molar-refractivity contribution in [3.8, 4) is 0 Å². The number of H-pyrrole nitrogens is 1. The quantitative estimate of drug-likeness (QED) is 0.364. The van der Waals surface area contributed by atoms with Gasteiger partial charge in [-0.2, -0.15) is 13.2 Å². The van der Waals surface area contributed by atoms with Crippen LogP contribution < -0.4 is 5.73 Å². The summed E-state index contributed by atoms with van der Waals surface area (Å²) < 4.78 is 51.2. The maximum absolute atomic E-state index is 13.2. The first kappa shape index (κ1) is 18.1. The van der Waals surface area contributed by atoms with Gasteiger partial charge < -0.3 is 15.8 Å². The molecule has 1 atom stereocenters. The number of imidazole rings is 1. The summed E-state index contributed by atoms with van der Waals surface area (Å²) in [7, 11) is 0. The van der Waals surface area contributed by atoms with Crippen LogP contribution in [0.3, 0.4) is 0 Å². The van der Waals surface area contributed by atoms with Crippen molar-refractivity contribution in [3.63, 3.8) is 0 Å². The van der Waals surface area contributed by atoms with Crippen LogP contribution in [-0.2, 0) is 0 Å². The summed E-state index contributed by atoms with van der Waals surface area (Å²) >= 11 is 5.67. The minimum atomic E-state index is -4.89. The Morgan fingerprint density at radius 3 is 2.69 bits per heavy atom. The van der Waals surface area contributed by atoms with Gasteiger partial charge in [-0.3, -0.25) is 0 Å². The molecular formula is C15H10ClF4N5O. The fourth-order valence-electron chi connectivity index (χ4n) is 2.18. The van der Waals surface area contributed by atoms with Crippen molar-refractivity contribution >= 4 is 34.3 Å². The van der Waals surface area contributed by atoms with Gasteiger partial charge in [-0.1, -0.05) is 11.6 Å². The lowest BCUT2D eigenvalue weighted by molar-refractivity contribution is -0.208. The molecule has 1 unspecified atom stereocenters. The third-order valence-electron chi connectivity index (χ3n) is 3.41. The van der Waals surface area contributed by atoms with Crippen LogP contribution in [0.15, 0.2) is 35.5 Å². The maximum Gasteiger partial charge on any atom is 0.421 e. The highest BCUT2D eigenvalue weighted by Crippen LogP contribution is 2.32. The Hall–Kier alpha value is -2.72. The monoisotopic (exact) mass is 387 g/mol. The lowest BCUT2D eigenvalue weighted by atomic mass is 10.2. The summed E-state index contributed by atoms with van der Waals surface area (Å²) in [6.07, 6.45) is -6.40. The van der Waals surface area contributed by atoms with E-state index in [0.29, 0.717) is 0 Å². The molecule has 136 valence electrons. The van der Waals surface area contributed by atoms with E-state index in [1.165, 1.54) is 24.4 Å². The molecule has 0 fully saturated rings. The molecule has 3 rings (SSSR count). The number of hydrogen-bond donors (Lipinski definition) is 3. The molecule has 0 bridgehead atoms. The highest BCUT2D eigenvalue weighted by Gasteiger charge is 2.41. The number of aliphatic hydroxyl groups is 1. The largest absolute Gasteiger partial charge is 0.421 e. The average Bonchev–Trinajstić information content (AvgIpc) is 3.00. The predicted molar refractivity (Wildman–Crippen MR) is 86.7 cm³/mol. The molecule has 0 saturated carbocycles. The van der Waals surface area contributed by atoms with Gasteiger partial charge in [0.2, 0.25) is 6.10 Å². The summed E-state index contributed by atoms with van der Waals surface area (Å²) in [5, 5.41) is 9.16. The molecule has 0 spiro atoms. The van der Waals surface area contributed by atoms with Crippen molar-refractivity contribution in [1.29, 1.82) is 0 Å². The van der Waals surface area contributed by atoms with Crippen molar-refractivity contribution in [3.05, 3.63) is 52.7 Å². The zero-order valence-corrected chi connectivity index (χ0v) is 13.5. The van der Waals surface area contributed by atoms with Gasteiger partial charge in [0.25, 0.3) is 0 Å². The molecule has 0 aliphatic rings. The number of nitrogens with two attached hydrogens (primary N) is 1. The zero-order chi connectivity index (χ0) is 19.1. The number of amidine groups is 1. The topological polar surface area (TPSA) is 100 Å². The van der Waals surface area contributed by atoms with Crippen LogP contribution in [0.5, 0.6) is 0 Å². The van der Waals surface area contributed by atoms with E-state index < -0.39 is 23.9 Å². The number of pyridine rings is 1. The summed E-state index contributed by atoms with van der Waals surface area (Å²) in [4.78, 5) is 13.9. The smallest absolute Gasteiger partial charge is 0.383 e. The van der Waals surface area contributed by atoms with Gasteiger partial charge in [0.05, 0.1) is 16.2 Å². The van der Waals surface area contributed by atoms with E-state index in [9.17, 15) is 22.7 Å². The number of benzene rings is 1. The molecule has 1 aromatic carbocycles. The number of halogens is 5. The van der Waals surface area contributed by atoms with Gasteiger partial charge in [-0.15, -0.1) is 0 Å². The van der Waals surface area contributed by atoms with Crippen LogP contribution in [-0.4, -0.2) is 32.1 Å². The standard InChI is InChI=1S/C15H10ClF4N5O/c16-8-5-6(1-2-9(8)17)23-12(21)7-3-4-22-13-10(7)24-14(25-13)11(26)15(18,19)20/h1-5,11,26H,(H2,21,23)(H,22,24,25). The maximum atomic E-state index is 13.2. The Kier molecular flexibility index (Phi) is 4.55. The lowest BCUT2D eigenvalue weighted by Crippen LogP contribution is -2.21. The van der Waals surface area contributed by atoms with Gasteiger partial charge in [0.15, 0.2) is 5.65 Å². The SMILES string of the molecule is NC(=Nc1ccc(F)c(Cl)c1)c1ccnc2nc(C(O)C(F)(F)F)[nH]c12. The number of rotatable bonds is 3. The van der Waals surface area contributed by atoms with Gasteiger partial charge in [-0.25, -0.2) is 19.4 Å². The summed E-state index contributed by atoms with van der Waals surface area (Å²) in [5.74, 6) is -1.43. The highest BCUT2D eigenvalue weighted by molar-refractivity contribution is 6.31.